The van der Waals surface area contributed by atoms with Crippen LogP contribution in [0.4, 0.5) is 8.78 Å². The van der Waals surface area contributed by atoms with E-state index in [-0.39, 0.29) is 23.6 Å². The number of esters is 1. The lowest BCUT2D eigenvalue weighted by Crippen LogP contribution is -2.28. The standard InChI is InChI=1S/C20H21F2NO6/c1-12-4-6-14(9-16(12)26-2)19(25)28-11-18(24)23-10-13-5-7-15(29-20(21)22)17(8-13)27-3/h4-9,20H,10-11H2,1-3H3,(H,23,24). The second kappa shape index (κ2) is 10.3. The van der Waals surface area contributed by atoms with Gasteiger partial charge in [-0.15, -0.1) is 0 Å². The van der Waals surface area contributed by atoms with Gasteiger partial charge in [0.2, 0.25) is 0 Å². The Kier molecular flexibility index (Phi) is 7.76. The smallest absolute Gasteiger partial charge is 0.387 e. The van der Waals surface area contributed by atoms with E-state index in [1.165, 1.54) is 38.5 Å². The predicted molar refractivity (Wildman–Crippen MR) is 99.5 cm³/mol. The van der Waals surface area contributed by atoms with Crippen LogP contribution in [0, 0.1) is 6.92 Å². The fraction of sp³-hybridized carbons (Fsp3) is 0.300. The third kappa shape index (κ3) is 6.34. The Morgan fingerprint density at radius 1 is 1.00 bits per heavy atom. The van der Waals surface area contributed by atoms with Gasteiger partial charge < -0.3 is 24.3 Å². The first-order valence-corrected chi connectivity index (χ1v) is 8.54. The Labute approximate surface area is 166 Å². The highest BCUT2D eigenvalue weighted by molar-refractivity contribution is 5.91. The quantitative estimate of drug-likeness (QED) is 0.641. The monoisotopic (exact) mass is 409 g/mol. The van der Waals surface area contributed by atoms with Crippen LogP contribution in [0.15, 0.2) is 36.4 Å². The number of nitrogens with one attached hydrogen (secondary N) is 1. The topological polar surface area (TPSA) is 83.1 Å². The summed E-state index contributed by atoms with van der Waals surface area (Å²) in [6, 6.07) is 9.10. The van der Waals surface area contributed by atoms with Gasteiger partial charge in [0.05, 0.1) is 19.8 Å². The van der Waals surface area contributed by atoms with Crippen molar-refractivity contribution >= 4 is 11.9 Å². The molecule has 0 aliphatic heterocycles. The molecule has 0 saturated heterocycles. The van der Waals surface area contributed by atoms with Crippen molar-refractivity contribution in [3.8, 4) is 17.2 Å². The van der Waals surface area contributed by atoms with Gasteiger partial charge in [-0.2, -0.15) is 8.78 Å². The van der Waals surface area contributed by atoms with Crippen molar-refractivity contribution in [2.24, 2.45) is 0 Å². The molecule has 2 aromatic rings. The van der Waals surface area contributed by atoms with Crippen LogP contribution in [-0.2, 0) is 16.1 Å². The molecule has 0 unspecified atom stereocenters. The molecule has 2 rings (SSSR count). The number of methoxy groups -OCH3 is 2. The second-order valence-electron chi connectivity index (χ2n) is 5.90. The third-order valence-corrected chi connectivity index (χ3v) is 3.91. The van der Waals surface area contributed by atoms with Crippen LogP contribution in [0.1, 0.15) is 21.5 Å². The van der Waals surface area contributed by atoms with E-state index < -0.39 is 25.1 Å². The van der Waals surface area contributed by atoms with Gasteiger partial charge in [-0.05, 0) is 42.3 Å². The Morgan fingerprint density at radius 3 is 2.38 bits per heavy atom. The van der Waals surface area contributed by atoms with Gasteiger partial charge in [0.25, 0.3) is 5.91 Å². The number of alkyl halides is 2. The van der Waals surface area contributed by atoms with E-state index in [2.05, 4.69) is 10.1 Å². The van der Waals surface area contributed by atoms with Gasteiger partial charge in [0.15, 0.2) is 18.1 Å². The maximum atomic E-state index is 12.3. The molecule has 2 aromatic carbocycles. The zero-order chi connectivity index (χ0) is 21.4. The average molecular weight is 409 g/mol. The Balaban J connectivity index is 1.87. The van der Waals surface area contributed by atoms with E-state index in [0.717, 1.165) is 5.56 Å². The van der Waals surface area contributed by atoms with Gasteiger partial charge in [0, 0.05) is 6.54 Å². The van der Waals surface area contributed by atoms with Crippen molar-refractivity contribution in [2.45, 2.75) is 20.1 Å². The van der Waals surface area contributed by atoms with Gasteiger partial charge in [-0.3, -0.25) is 4.79 Å². The van der Waals surface area contributed by atoms with E-state index in [1.807, 2.05) is 6.92 Å². The van der Waals surface area contributed by atoms with Crippen molar-refractivity contribution < 1.29 is 37.3 Å². The van der Waals surface area contributed by atoms with Crippen LogP contribution < -0.4 is 19.5 Å². The Hall–Kier alpha value is -3.36. The van der Waals surface area contributed by atoms with Crippen molar-refractivity contribution in [2.75, 3.05) is 20.8 Å². The highest BCUT2D eigenvalue weighted by atomic mass is 19.3. The summed E-state index contributed by atoms with van der Waals surface area (Å²) in [7, 11) is 2.81. The molecule has 0 saturated carbocycles. The molecular formula is C20H21F2NO6. The zero-order valence-corrected chi connectivity index (χ0v) is 16.2. The highest BCUT2D eigenvalue weighted by Gasteiger charge is 2.14. The summed E-state index contributed by atoms with van der Waals surface area (Å²) < 4.78 is 44.2. The van der Waals surface area contributed by atoms with Gasteiger partial charge >= 0.3 is 12.6 Å². The van der Waals surface area contributed by atoms with Crippen molar-refractivity contribution in [3.63, 3.8) is 0 Å². The van der Waals surface area contributed by atoms with Crippen LogP contribution in [0.2, 0.25) is 0 Å². The lowest BCUT2D eigenvalue weighted by atomic mass is 10.1. The minimum Gasteiger partial charge on any atom is -0.496 e. The second-order valence-corrected chi connectivity index (χ2v) is 5.90. The number of carbonyl (C=O) groups excluding carboxylic acids is 2. The molecule has 0 aliphatic carbocycles. The van der Waals surface area contributed by atoms with Crippen molar-refractivity contribution in [1.29, 1.82) is 0 Å². The van der Waals surface area contributed by atoms with E-state index in [1.54, 1.807) is 12.1 Å². The number of ether oxygens (including phenoxy) is 4. The normalized spacial score (nSPS) is 10.4. The summed E-state index contributed by atoms with van der Waals surface area (Å²) in [6.07, 6.45) is 0. The van der Waals surface area contributed by atoms with Crippen LogP contribution in [0.5, 0.6) is 17.2 Å². The predicted octanol–water partition coefficient (Wildman–Crippen LogP) is 3.09. The van der Waals surface area contributed by atoms with Crippen molar-refractivity contribution in [1.82, 2.24) is 5.32 Å². The molecule has 29 heavy (non-hydrogen) atoms. The molecule has 1 N–H and O–H groups in total. The largest absolute Gasteiger partial charge is 0.496 e. The summed E-state index contributed by atoms with van der Waals surface area (Å²) in [6.45, 7) is -1.53. The Bertz CT molecular complexity index is 872. The molecule has 0 aliphatic rings. The first-order valence-electron chi connectivity index (χ1n) is 8.54. The molecule has 0 fully saturated rings. The van der Waals surface area contributed by atoms with E-state index in [0.29, 0.717) is 11.3 Å². The third-order valence-electron chi connectivity index (χ3n) is 3.91. The fourth-order valence-electron chi connectivity index (χ4n) is 2.43. The van der Waals surface area contributed by atoms with E-state index in [9.17, 15) is 18.4 Å². The molecule has 1 amide bonds. The maximum Gasteiger partial charge on any atom is 0.387 e. The number of aryl methyl sites for hydroxylation is 1. The van der Waals surface area contributed by atoms with Crippen LogP contribution in [0.3, 0.4) is 0 Å². The highest BCUT2D eigenvalue weighted by Crippen LogP contribution is 2.29. The molecule has 7 nitrogen and oxygen atoms in total. The number of hydrogen-bond acceptors (Lipinski definition) is 6. The number of hydrogen-bond donors (Lipinski definition) is 1. The fourth-order valence-corrected chi connectivity index (χ4v) is 2.43. The molecule has 0 aromatic heterocycles. The number of amides is 1. The van der Waals surface area contributed by atoms with E-state index >= 15 is 0 Å². The molecule has 9 heteroatoms. The molecular weight excluding hydrogens is 388 g/mol. The number of benzene rings is 2. The zero-order valence-electron chi connectivity index (χ0n) is 16.2. The number of carbonyl (C=O) groups is 2. The minimum absolute atomic E-state index is 0.0834. The summed E-state index contributed by atoms with van der Waals surface area (Å²) in [5.41, 5.74) is 1.72. The summed E-state index contributed by atoms with van der Waals surface area (Å²) in [5.74, 6) is -0.646. The molecule has 0 spiro atoms. The first-order chi connectivity index (χ1) is 13.8. The van der Waals surface area contributed by atoms with Gasteiger partial charge in [0.1, 0.15) is 5.75 Å². The molecule has 0 heterocycles. The lowest BCUT2D eigenvalue weighted by molar-refractivity contribution is -0.124. The van der Waals surface area contributed by atoms with Crippen LogP contribution >= 0.6 is 0 Å². The van der Waals surface area contributed by atoms with Gasteiger partial charge in [-0.1, -0.05) is 12.1 Å². The number of halogens is 2. The molecule has 0 radical (unpaired) electrons. The first kappa shape index (κ1) is 21.9. The molecule has 0 atom stereocenters. The molecule has 0 bridgehead atoms. The van der Waals surface area contributed by atoms with Crippen LogP contribution in [0.25, 0.3) is 0 Å². The SMILES string of the molecule is COc1cc(C(=O)OCC(=O)NCc2ccc(OC(F)F)c(OC)c2)ccc1C. The lowest BCUT2D eigenvalue weighted by Gasteiger charge is -2.12. The summed E-state index contributed by atoms with van der Waals surface area (Å²) >= 11 is 0. The minimum atomic E-state index is -2.97. The van der Waals surface area contributed by atoms with E-state index in [4.69, 9.17) is 14.2 Å². The van der Waals surface area contributed by atoms with Crippen molar-refractivity contribution in [3.05, 3.63) is 53.1 Å². The molecule has 156 valence electrons. The summed E-state index contributed by atoms with van der Waals surface area (Å²) in [4.78, 5) is 24.0. The van der Waals surface area contributed by atoms with Crippen LogP contribution in [-0.4, -0.2) is 39.3 Å². The maximum absolute atomic E-state index is 12.3. The Morgan fingerprint density at radius 2 is 1.72 bits per heavy atom. The summed E-state index contributed by atoms with van der Waals surface area (Å²) in [5, 5.41) is 2.56. The average Bonchev–Trinajstić information content (AvgIpc) is 2.71. The number of rotatable bonds is 9. The van der Waals surface area contributed by atoms with Gasteiger partial charge in [-0.25, -0.2) is 4.79 Å².